The molecule has 0 amide bonds. The van der Waals surface area contributed by atoms with Gasteiger partial charge in [0.25, 0.3) is 11.6 Å². The van der Waals surface area contributed by atoms with E-state index < -0.39 is 23.1 Å². The fourth-order valence-corrected chi connectivity index (χ4v) is 3.58. The van der Waals surface area contributed by atoms with E-state index in [4.69, 9.17) is 4.74 Å². The molecule has 0 aromatic heterocycles. The fourth-order valence-electron chi connectivity index (χ4n) is 3.58. The van der Waals surface area contributed by atoms with Crippen molar-refractivity contribution in [2.75, 3.05) is 0 Å². The first-order chi connectivity index (χ1) is 15.9. The standard InChI is InChI=1S/C28H22O5/c29-25(21-13-5-1-6-14-21)27(31,23-17-9-3-10-18-23)33-28(32,24-19-11-4-12-20-24)26(30)22-15-7-2-8-16-22/h1-20,31-32H. The average molecular weight is 438 g/mol. The number of carbonyl (C=O) groups excluding carboxylic acids is 2. The monoisotopic (exact) mass is 438 g/mol. The lowest BCUT2D eigenvalue weighted by molar-refractivity contribution is -0.298. The lowest BCUT2D eigenvalue weighted by atomic mass is 9.92. The molecule has 33 heavy (non-hydrogen) atoms. The molecule has 2 atom stereocenters. The maximum Gasteiger partial charge on any atom is 0.261 e. The van der Waals surface area contributed by atoms with Crippen LogP contribution in [0.1, 0.15) is 31.8 Å². The number of rotatable bonds is 8. The summed E-state index contributed by atoms with van der Waals surface area (Å²) < 4.78 is 5.84. The fraction of sp³-hybridized carbons (Fsp3) is 0.0714. The largest absolute Gasteiger partial charge is 0.356 e. The summed E-state index contributed by atoms with van der Waals surface area (Å²) in [5.41, 5.74) is 0.473. The van der Waals surface area contributed by atoms with E-state index in [0.717, 1.165) is 0 Å². The van der Waals surface area contributed by atoms with Crippen molar-refractivity contribution in [2.24, 2.45) is 0 Å². The van der Waals surface area contributed by atoms with Crippen molar-refractivity contribution in [3.05, 3.63) is 144 Å². The molecule has 0 aliphatic heterocycles. The molecule has 0 aliphatic rings. The second kappa shape index (κ2) is 9.30. The third-order valence-electron chi connectivity index (χ3n) is 5.31. The summed E-state index contributed by atoms with van der Waals surface area (Å²) in [4.78, 5) is 27.1. The van der Waals surface area contributed by atoms with Gasteiger partial charge < -0.3 is 10.2 Å². The SMILES string of the molecule is O=C(c1ccccc1)C(O)(OC(O)(C(=O)c1ccccc1)c1ccccc1)c1ccccc1. The Balaban J connectivity index is 1.88. The van der Waals surface area contributed by atoms with E-state index in [9.17, 15) is 19.8 Å². The van der Waals surface area contributed by atoms with Crippen molar-refractivity contribution < 1.29 is 24.5 Å². The van der Waals surface area contributed by atoms with Gasteiger partial charge in [0, 0.05) is 22.3 Å². The summed E-state index contributed by atoms with van der Waals surface area (Å²) in [7, 11) is 0. The van der Waals surface area contributed by atoms with Crippen LogP contribution >= 0.6 is 0 Å². The molecule has 0 radical (unpaired) electrons. The number of hydrogen-bond donors (Lipinski definition) is 2. The molecule has 0 aliphatic carbocycles. The Labute approximate surface area is 191 Å². The summed E-state index contributed by atoms with van der Waals surface area (Å²) in [6.07, 6.45) is 0. The van der Waals surface area contributed by atoms with Crippen LogP contribution in [0.5, 0.6) is 0 Å². The first-order valence-corrected chi connectivity index (χ1v) is 10.4. The van der Waals surface area contributed by atoms with E-state index in [1.54, 1.807) is 72.8 Å². The highest BCUT2D eigenvalue weighted by atomic mass is 16.7. The van der Waals surface area contributed by atoms with Gasteiger partial charge in [0.1, 0.15) is 0 Å². The molecule has 0 heterocycles. The van der Waals surface area contributed by atoms with E-state index in [1.807, 2.05) is 0 Å². The molecule has 4 rings (SSSR count). The van der Waals surface area contributed by atoms with E-state index in [0.29, 0.717) is 0 Å². The Morgan fingerprint density at radius 2 is 0.758 bits per heavy atom. The quantitative estimate of drug-likeness (QED) is 0.314. The van der Waals surface area contributed by atoms with Gasteiger partial charge in [-0.15, -0.1) is 0 Å². The topological polar surface area (TPSA) is 83.8 Å². The van der Waals surface area contributed by atoms with Crippen LogP contribution in [-0.2, 0) is 16.3 Å². The van der Waals surface area contributed by atoms with Crippen LogP contribution in [0.3, 0.4) is 0 Å². The maximum atomic E-state index is 13.5. The predicted octanol–water partition coefficient (Wildman–Crippen LogP) is 4.46. The van der Waals surface area contributed by atoms with E-state index >= 15 is 0 Å². The van der Waals surface area contributed by atoms with E-state index in [2.05, 4.69) is 0 Å². The molecular formula is C28H22O5. The molecular weight excluding hydrogens is 416 g/mol. The van der Waals surface area contributed by atoms with Crippen molar-refractivity contribution in [1.29, 1.82) is 0 Å². The molecule has 4 aromatic rings. The van der Waals surface area contributed by atoms with Gasteiger partial charge in [-0.05, 0) is 0 Å². The number of Topliss-reactive ketones (excluding diaryl/α,β-unsaturated/α-hetero) is 2. The molecule has 164 valence electrons. The number of hydrogen-bond acceptors (Lipinski definition) is 5. The summed E-state index contributed by atoms with van der Waals surface area (Å²) in [5.74, 6) is -6.94. The average Bonchev–Trinajstić information content (AvgIpc) is 2.89. The lowest BCUT2D eigenvalue weighted by Gasteiger charge is -2.36. The summed E-state index contributed by atoms with van der Waals surface area (Å²) in [6.45, 7) is 0. The molecule has 0 saturated heterocycles. The van der Waals surface area contributed by atoms with Gasteiger partial charge in [0.05, 0.1) is 0 Å². The summed E-state index contributed by atoms with van der Waals surface area (Å²) >= 11 is 0. The van der Waals surface area contributed by atoms with Crippen molar-refractivity contribution in [2.45, 2.75) is 11.6 Å². The minimum atomic E-state index is -2.66. The minimum Gasteiger partial charge on any atom is -0.356 e. The molecule has 4 aromatic carbocycles. The highest BCUT2D eigenvalue weighted by molar-refractivity contribution is 6.04. The third kappa shape index (κ3) is 4.38. The zero-order valence-corrected chi connectivity index (χ0v) is 17.7. The Morgan fingerprint density at radius 1 is 0.485 bits per heavy atom. The van der Waals surface area contributed by atoms with Gasteiger partial charge in [-0.1, -0.05) is 121 Å². The first-order valence-electron chi connectivity index (χ1n) is 10.4. The third-order valence-corrected chi connectivity index (χ3v) is 5.31. The van der Waals surface area contributed by atoms with E-state index in [1.165, 1.54) is 48.5 Å². The van der Waals surface area contributed by atoms with Crippen molar-refractivity contribution in [3.8, 4) is 0 Å². The minimum absolute atomic E-state index is 0.0778. The van der Waals surface area contributed by atoms with E-state index in [-0.39, 0.29) is 22.3 Å². The highest BCUT2D eigenvalue weighted by Crippen LogP contribution is 2.38. The lowest BCUT2D eigenvalue weighted by Crippen LogP contribution is -2.50. The molecule has 0 bridgehead atoms. The van der Waals surface area contributed by atoms with Crippen LogP contribution in [0.15, 0.2) is 121 Å². The number of ether oxygens (including phenoxy) is 1. The highest BCUT2D eigenvalue weighted by Gasteiger charge is 2.51. The number of ketones is 2. The second-order valence-corrected chi connectivity index (χ2v) is 7.51. The Morgan fingerprint density at radius 3 is 1.06 bits per heavy atom. The second-order valence-electron chi connectivity index (χ2n) is 7.51. The van der Waals surface area contributed by atoms with Gasteiger partial charge in [-0.3, -0.25) is 14.3 Å². The van der Waals surface area contributed by atoms with Gasteiger partial charge in [-0.2, -0.15) is 0 Å². The van der Waals surface area contributed by atoms with Gasteiger partial charge in [0.15, 0.2) is 0 Å². The maximum absolute atomic E-state index is 13.5. The van der Waals surface area contributed by atoms with Crippen LogP contribution in [0.25, 0.3) is 0 Å². The van der Waals surface area contributed by atoms with Gasteiger partial charge >= 0.3 is 0 Å². The van der Waals surface area contributed by atoms with Crippen LogP contribution < -0.4 is 0 Å². The van der Waals surface area contributed by atoms with Crippen LogP contribution in [0.4, 0.5) is 0 Å². The predicted molar refractivity (Wildman–Crippen MR) is 123 cm³/mol. The van der Waals surface area contributed by atoms with Crippen LogP contribution in [0.2, 0.25) is 0 Å². The van der Waals surface area contributed by atoms with Crippen molar-refractivity contribution in [1.82, 2.24) is 0 Å². The van der Waals surface area contributed by atoms with Crippen molar-refractivity contribution in [3.63, 3.8) is 0 Å². The molecule has 5 heteroatoms. The summed E-state index contributed by atoms with van der Waals surface area (Å²) in [5, 5.41) is 23.4. The molecule has 2 unspecified atom stereocenters. The smallest absolute Gasteiger partial charge is 0.261 e. The van der Waals surface area contributed by atoms with Gasteiger partial charge in [0.2, 0.25) is 11.6 Å². The van der Waals surface area contributed by atoms with Crippen LogP contribution in [-0.4, -0.2) is 21.8 Å². The Bertz CT molecular complexity index is 1130. The van der Waals surface area contributed by atoms with Crippen molar-refractivity contribution >= 4 is 11.6 Å². The molecule has 0 saturated carbocycles. The van der Waals surface area contributed by atoms with Gasteiger partial charge in [-0.25, -0.2) is 0 Å². The molecule has 2 N–H and O–H groups in total. The molecule has 0 spiro atoms. The zero-order valence-electron chi connectivity index (χ0n) is 17.7. The first kappa shape index (κ1) is 22.3. The van der Waals surface area contributed by atoms with Crippen LogP contribution in [0, 0.1) is 0 Å². The number of carbonyl (C=O) groups is 2. The Kier molecular flexibility index (Phi) is 6.29. The summed E-state index contributed by atoms with van der Waals surface area (Å²) in [6, 6.07) is 32.1. The zero-order chi connectivity index (χ0) is 23.3. The molecule has 5 nitrogen and oxygen atoms in total. The number of benzene rings is 4. The number of aliphatic hydroxyl groups is 2. The molecule has 0 fully saturated rings. The normalized spacial score (nSPS) is 14.6. The Hall–Kier alpha value is -3.90.